The topological polar surface area (TPSA) is 3.24 Å². The van der Waals surface area contributed by atoms with Gasteiger partial charge in [-0.15, -0.1) is 0 Å². The summed E-state index contributed by atoms with van der Waals surface area (Å²) in [4.78, 5) is 2.54. The van der Waals surface area contributed by atoms with E-state index in [-0.39, 0.29) is 10.8 Å². The van der Waals surface area contributed by atoms with Gasteiger partial charge in [0.15, 0.2) is 0 Å². The molecule has 0 N–H and O–H groups in total. The van der Waals surface area contributed by atoms with Gasteiger partial charge in [-0.3, -0.25) is 0 Å². The summed E-state index contributed by atoms with van der Waals surface area (Å²) in [5.74, 6) is 3.40. The van der Waals surface area contributed by atoms with Gasteiger partial charge in [-0.2, -0.15) is 0 Å². The van der Waals surface area contributed by atoms with E-state index in [1.54, 1.807) is 11.1 Å². The molecule has 6 aliphatic rings. The van der Waals surface area contributed by atoms with Crippen molar-refractivity contribution in [2.24, 2.45) is 23.7 Å². The molecule has 54 heavy (non-hydrogen) atoms. The zero-order valence-corrected chi connectivity index (χ0v) is 31.2. The Balaban J connectivity index is 1.06. The van der Waals surface area contributed by atoms with E-state index in [9.17, 15) is 0 Å². The molecule has 4 fully saturated rings. The number of anilines is 3. The van der Waals surface area contributed by atoms with E-state index in [1.807, 2.05) is 0 Å². The Morgan fingerprint density at radius 1 is 0.426 bits per heavy atom. The molecule has 0 aliphatic heterocycles. The summed E-state index contributed by atoms with van der Waals surface area (Å²) in [5.41, 5.74) is 17.9. The standard InChI is InChI=1S/C53H45N/c1-52(2)48-19-7-5-16-44(48)46-23-21-41(32-51(46)52)54(39-14-9-13-36(30-39)43-18-10-12-35-11-3-4-15-42(35)43)40-22-24-50-47(31-40)45-17-6-8-20-49(45)53(50)37-26-33-25-34(28-37)29-38(53)27-33/h3-24,30-34,37-38H,25-29H2,1-2H3. The Labute approximate surface area is 319 Å². The van der Waals surface area contributed by atoms with Gasteiger partial charge >= 0.3 is 0 Å². The maximum atomic E-state index is 2.57. The first-order valence-corrected chi connectivity index (χ1v) is 20.4. The van der Waals surface area contributed by atoms with E-state index >= 15 is 0 Å². The summed E-state index contributed by atoms with van der Waals surface area (Å²) < 4.78 is 0. The van der Waals surface area contributed by atoms with Gasteiger partial charge in [0.2, 0.25) is 0 Å². The largest absolute Gasteiger partial charge is 0.310 e. The highest BCUT2D eigenvalue weighted by Gasteiger charge is 2.61. The van der Waals surface area contributed by atoms with Crippen LogP contribution in [0.15, 0.2) is 152 Å². The van der Waals surface area contributed by atoms with Gasteiger partial charge in [0.05, 0.1) is 0 Å². The number of nitrogens with zero attached hydrogens (tertiary/aromatic N) is 1. The molecule has 4 saturated carbocycles. The van der Waals surface area contributed by atoms with Gasteiger partial charge in [0, 0.05) is 27.9 Å². The molecule has 1 heteroatoms. The van der Waals surface area contributed by atoms with Crippen LogP contribution < -0.4 is 4.90 Å². The zero-order chi connectivity index (χ0) is 35.8. The van der Waals surface area contributed by atoms with Gasteiger partial charge in [-0.1, -0.05) is 129 Å². The minimum atomic E-state index is -0.0822. The van der Waals surface area contributed by atoms with Crippen molar-refractivity contribution in [3.05, 3.63) is 174 Å². The fourth-order valence-corrected chi connectivity index (χ4v) is 12.9. The number of benzene rings is 7. The van der Waals surface area contributed by atoms with Crippen molar-refractivity contribution in [3.8, 4) is 33.4 Å². The first-order chi connectivity index (χ1) is 26.5. The number of rotatable bonds is 4. The van der Waals surface area contributed by atoms with Crippen LogP contribution in [0.4, 0.5) is 17.1 Å². The van der Waals surface area contributed by atoms with Crippen LogP contribution in [-0.4, -0.2) is 0 Å². The molecule has 1 nitrogen and oxygen atoms in total. The molecule has 6 aliphatic carbocycles. The summed E-state index contributed by atoms with van der Waals surface area (Å²) in [5, 5.41) is 2.56. The second-order valence-corrected chi connectivity index (χ2v) is 17.8. The average molecular weight is 696 g/mol. The van der Waals surface area contributed by atoms with E-state index in [0.29, 0.717) is 0 Å². The quantitative estimate of drug-likeness (QED) is 0.177. The normalized spacial score (nSPS) is 24.7. The maximum Gasteiger partial charge on any atom is 0.0468 e. The second kappa shape index (κ2) is 11.1. The molecule has 0 heterocycles. The van der Waals surface area contributed by atoms with Gasteiger partial charge in [0.25, 0.3) is 0 Å². The molecular formula is C53H45N. The van der Waals surface area contributed by atoms with Crippen molar-refractivity contribution in [1.29, 1.82) is 0 Å². The molecule has 0 atom stereocenters. The number of fused-ring (bicyclic) bond motifs is 7. The average Bonchev–Trinajstić information content (AvgIpc) is 3.62. The third kappa shape index (κ3) is 4.11. The third-order valence-electron chi connectivity index (χ3n) is 14.8. The number of hydrogen-bond donors (Lipinski definition) is 0. The van der Waals surface area contributed by atoms with Gasteiger partial charge in [0.1, 0.15) is 0 Å². The van der Waals surface area contributed by atoms with Crippen molar-refractivity contribution in [3.63, 3.8) is 0 Å². The van der Waals surface area contributed by atoms with Gasteiger partial charge < -0.3 is 4.90 Å². The lowest BCUT2D eigenvalue weighted by Crippen LogP contribution is -2.55. The first-order valence-electron chi connectivity index (χ1n) is 20.4. The highest BCUT2D eigenvalue weighted by Crippen LogP contribution is 2.69. The summed E-state index contributed by atoms with van der Waals surface area (Å²) in [7, 11) is 0. The molecule has 0 amide bonds. The Morgan fingerprint density at radius 2 is 1.00 bits per heavy atom. The Hall–Kier alpha value is -5.40. The van der Waals surface area contributed by atoms with E-state index in [1.165, 1.54) is 104 Å². The van der Waals surface area contributed by atoms with Crippen molar-refractivity contribution >= 4 is 27.8 Å². The minimum absolute atomic E-state index is 0.0822. The molecule has 7 aromatic rings. The smallest absolute Gasteiger partial charge is 0.0468 e. The Bertz CT molecular complexity index is 2640. The SMILES string of the molecule is CC1(C)c2ccccc2-c2ccc(N(c3cccc(-c4cccc5ccccc45)c3)c3ccc4c(c3)-c3ccccc3C43C4CC5CC(C4)CC3C5)cc21. The van der Waals surface area contributed by atoms with Crippen LogP contribution in [0, 0.1) is 23.7 Å². The predicted molar refractivity (Wildman–Crippen MR) is 225 cm³/mol. The lowest BCUT2D eigenvalue weighted by atomic mass is 9.43. The van der Waals surface area contributed by atoms with Crippen LogP contribution in [0.3, 0.4) is 0 Å². The predicted octanol–water partition coefficient (Wildman–Crippen LogP) is 14.0. The molecule has 13 rings (SSSR count). The lowest BCUT2D eigenvalue weighted by Gasteiger charge is -2.61. The summed E-state index contributed by atoms with van der Waals surface area (Å²) >= 11 is 0. The van der Waals surface area contributed by atoms with Crippen LogP contribution >= 0.6 is 0 Å². The molecule has 7 aromatic carbocycles. The van der Waals surface area contributed by atoms with Crippen molar-refractivity contribution in [2.75, 3.05) is 4.90 Å². The maximum absolute atomic E-state index is 2.57. The van der Waals surface area contributed by atoms with Crippen LogP contribution in [0.2, 0.25) is 0 Å². The molecule has 0 unspecified atom stereocenters. The molecule has 262 valence electrons. The second-order valence-electron chi connectivity index (χ2n) is 17.8. The van der Waals surface area contributed by atoms with E-state index in [0.717, 1.165) is 23.7 Å². The molecule has 1 spiro atoms. The van der Waals surface area contributed by atoms with E-state index in [2.05, 4.69) is 170 Å². The van der Waals surface area contributed by atoms with Gasteiger partial charge in [-0.05, 0) is 159 Å². The molecule has 0 radical (unpaired) electrons. The monoisotopic (exact) mass is 695 g/mol. The van der Waals surface area contributed by atoms with Crippen molar-refractivity contribution in [1.82, 2.24) is 0 Å². The summed E-state index contributed by atoms with van der Waals surface area (Å²) in [6.07, 6.45) is 7.10. The van der Waals surface area contributed by atoms with Gasteiger partial charge in [-0.25, -0.2) is 0 Å². The van der Waals surface area contributed by atoms with Crippen LogP contribution in [0.5, 0.6) is 0 Å². The summed E-state index contributed by atoms with van der Waals surface area (Å²) in [6.45, 7) is 4.79. The molecular weight excluding hydrogens is 651 g/mol. The van der Waals surface area contributed by atoms with E-state index in [4.69, 9.17) is 0 Å². The van der Waals surface area contributed by atoms with Crippen molar-refractivity contribution in [2.45, 2.75) is 56.8 Å². The zero-order valence-electron chi connectivity index (χ0n) is 31.2. The summed E-state index contributed by atoms with van der Waals surface area (Å²) in [6, 6.07) is 58.0. The molecule has 0 aromatic heterocycles. The minimum Gasteiger partial charge on any atom is -0.310 e. The molecule has 4 bridgehead atoms. The first kappa shape index (κ1) is 31.0. The van der Waals surface area contributed by atoms with Crippen LogP contribution in [0.1, 0.15) is 68.2 Å². The van der Waals surface area contributed by atoms with Crippen LogP contribution in [-0.2, 0) is 10.8 Å². The Morgan fingerprint density at radius 3 is 1.81 bits per heavy atom. The lowest BCUT2D eigenvalue weighted by molar-refractivity contribution is -0.0399. The van der Waals surface area contributed by atoms with E-state index < -0.39 is 0 Å². The fraction of sp³-hybridized carbons (Fsp3) is 0.245. The number of hydrogen-bond acceptors (Lipinski definition) is 1. The Kier molecular flexibility index (Phi) is 6.36. The molecule has 0 saturated heterocycles. The van der Waals surface area contributed by atoms with Crippen molar-refractivity contribution < 1.29 is 0 Å². The fourth-order valence-electron chi connectivity index (χ4n) is 12.9. The third-order valence-corrected chi connectivity index (χ3v) is 14.8. The highest BCUT2D eigenvalue weighted by molar-refractivity contribution is 5.98. The highest BCUT2D eigenvalue weighted by atomic mass is 15.1. The van der Waals surface area contributed by atoms with Crippen LogP contribution in [0.25, 0.3) is 44.2 Å².